The van der Waals surface area contributed by atoms with Gasteiger partial charge in [0.15, 0.2) is 5.69 Å². The summed E-state index contributed by atoms with van der Waals surface area (Å²) in [4.78, 5) is 33.3. The number of ether oxygens (including phenoxy) is 1. The van der Waals surface area contributed by atoms with Crippen LogP contribution in [0.2, 0.25) is 0 Å². The average Bonchev–Trinajstić information content (AvgIpc) is 2.96. The fraction of sp³-hybridized carbons (Fsp3) is 0.231. The van der Waals surface area contributed by atoms with E-state index in [1.807, 2.05) is 0 Å². The summed E-state index contributed by atoms with van der Waals surface area (Å²) < 4.78 is 5.95. The lowest BCUT2D eigenvalue weighted by atomic mass is 10.3. The van der Waals surface area contributed by atoms with E-state index in [4.69, 9.17) is 4.74 Å². The van der Waals surface area contributed by atoms with Gasteiger partial charge in [-0.2, -0.15) is 0 Å². The molecule has 2 rings (SSSR count). The number of benzene rings is 1. The quantitative estimate of drug-likeness (QED) is 0.477. The molecule has 23 heavy (non-hydrogen) atoms. The van der Waals surface area contributed by atoms with Gasteiger partial charge in [-0.15, -0.1) is 5.10 Å². The SMILES string of the molecule is CCOC(=O)c1cn(CC(=O)Nc2ccc([N+](=O)[O-])cc2)nn1. The maximum Gasteiger partial charge on any atom is 0.360 e. The minimum absolute atomic E-state index is 0.00925. The third kappa shape index (κ3) is 4.33. The van der Waals surface area contributed by atoms with Crippen LogP contribution in [0, 0.1) is 10.1 Å². The zero-order valence-electron chi connectivity index (χ0n) is 12.1. The van der Waals surface area contributed by atoms with E-state index in [0.29, 0.717) is 5.69 Å². The highest BCUT2D eigenvalue weighted by Crippen LogP contribution is 2.15. The number of hydrogen-bond acceptors (Lipinski definition) is 7. The van der Waals surface area contributed by atoms with Crippen molar-refractivity contribution in [3.8, 4) is 0 Å². The first-order valence-corrected chi connectivity index (χ1v) is 6.61. The number of rotatable bonds is 6. The highest BCUT2D eigenvalue weighted by atomic mass is 16.6. The largest absolute Gasteiger partial charge is 0.461 e. The number of nitrogens with zero attached hydrogens (tertiary/aromatic N) is 4. The summed E-state index contributed by atoms with van der Waals surface area (Å²) in [6.07, 6.45) is 1.30. The minimum atomic E-state index is -0.616. The number of amides is 1. The Kier molecular flexibility index (Phi) is 4.97. The molecule has 0 bridgehead atoms. The molecule has 0 aliphatic heterocycles. The number of nitrogens with one attached hydrogen (secondary N) is 1. The van der Waals surface area contributed by atoms with Gasteiger partial charge in [-0.3, -0.25) is 14.9 Å². The molecule has 0 radical (unpaired) electrons. The van der Waals surface area contributed by atoms with Crippen molar-refractivity contribution in [3.05, 3.63) is 46.3 Å². The van der Waals surface area contributed by atoms with Crippen LogP contribution in [-0.4, -0.2) is 38.4 Å². The molecule has 120 valence electrons. The molecule has 0 unspecified atom stereocenters. The van der Waals surface area contributed by atoms with E-state index < -0.39 is 16.8 Å². The maximum absolute atomic E-state index is 11.9. The Morgan fingerprint density at radius 1 is 1.35 bits per heavy atom. The molecule has 0 atom stereocenters. The van der Waals surface area contributed by atoms with Crippen LogP contribution in [0.1, 0.15) is 17.4 Å². The van der Waals surface area contributed by atoms with Crippen molar-refractivity contribution in [1.29, 1.82) is 0 Å². The average molecular weight is 319 g/mol. The molecule has 0 aliphatic rings. The van der Waals surface area contributed by atoms with Crippen LogP contribution in [0.3, 0.4) is 0 Å². The second-order valence-corrected chi connectivity index (χ2v) is 4.37. The zero-order chi connectivity index (χ0) is 16.8. The van der Waals surface area contributed by atoms with Gasteiger partial charge < -0.3 is 10.1 Å². The molecule has 10 heteroatoms. The standard InChI is InChI=1S/C13H13N5O5/c1-2-23-13(20)11-7-17(16-15-11)8-12(19)14-9-3-5-10(6-4-9)18(21)22/h3-7H,2,8H2,1H3,(H,14,19). The van der Waals surface area contributed by atoms with Crippen molar-refractivity contribution < 1.29 is 19.2 Å². The van der Waals surface area contributed by atoms with E-state index in [1.54, 1.807) is 6.92 Å². The topological polar surface area (TPSA) is 129 Å². The number of nitro groups is 1. The summed E-state index contributed by atoms with van der Waals surface area (Å²) in [5.74, 6) is -1.03. The fourth-order valence-electron chi connectivity index (χ4n) is 1.69. The van der Waals surface area contributed by atoms with E-state index in [9.17, 15) is 19.7 Å². The number of hydrogen-bond donors (Lipinski definition) is 1. The minimum Gasteiger partial charge on any atom is -0.461 e. The lowest BCUT2D eigenvalue weighted by molar-refractivity contribution is -0.384. The first-order valence-electron chi connectivity index (χ1n) is 6.61. The van der Waals surface area contributed by atoms with Gasteiger partial charge in [-0.25, -0.2) is 9.48 Å². The summed E-state index contributed by atoms with van der Waals surface area (Å²) in [5, 5.41) is 20.4. The molecule has 1 amide bonds. The van der Waals surface area contributed by atoms with E-state index in [-0.39, 0.29) is 24.5 Å². The summed E-state index contributed by atoms with van der Waals surface area (Å²) in [6, 6.07) is 5.40. The van der Waals surface area contributed by atoms with Gasteiger partial charge in [-0.05, 0) is 19.1 Å². The van der Waals surface area contributed by atoms with E-state index in [0.717, 1.165) is 0 Å². The molecule has 1 N–H and O–H groups in total. The van der Waals surface area contributed by atoms with Crippen molar-refractivity contribution in [2.24, 2.45) is 0 Å². The van der Waals surface area contributed by atoms with Gasteiger partial charge in [0.2, 0.25) is 5.91 Å². The molecule has 1 aromatic carbocycles. The second-order valence-electron chi connectivity index (χ2n) is 4.37. The molecule has 0 aliphatic carbocycles. The third-order valence-corrected chi connectivity index (χ3v) is 2.69. The van der Waals surface area contributed by atoms with Crippen LogP contribution in [0.4, 0.5) is 11.4 Å². The molecule has 0 saturated carbocycles. The Balaban J connectivity index is 1.94. The number of aromatic nitrogens is 3. The number of non-ortho nitro benzene ring substituents is 1. The second kappa shape index (κ2) is 7.11. The molecule has 1 heterocycles. The predicted molar refractivity (Wildman–Crippen MR) is 77.7 cm³/mol. The summed E-state index contributed by atoms with van der Waals surface area (Å²) in [7, 11) is 0. The van der Waals surface area contributed by atoms with Gasteiger partial charge in [0.25, 0.3) is 5.69 Å². The monoisotopic (exact) mass is 319 g/mol. The van der Waals surface area contributed by atoms with E-state index >= 15 is 0 Å². The van der Waals surface area contributed by atoms with Crippen LogP contribution in [0.25, 0.3) is 0 Å². The van der Waals surface area contributed by atoms with Gasteiger partial charge in [0.1, 0.15) is 6.54 Å². The van der Waals surface area contributed by atoms with Gasteiger partial charge in [-0.1, -0.05) is 5.21 Å². The number of carbonyl (C=O) groups is 2. The Bertz CT molecular complexity index is 725. The smallest absolute Gasteiger partial charge is 0.360 e. The fourth-order valence-corrected chi connectivity index (χ4v) is 1.69. The molecule has 0 fully saturated rings. The normalized spacial score (nSPS) is 10.1. The first kappa shape index (κ1) is 16.1. The predicted octanol–water partition coefficient (Wildman–Crippen LogP) is 1.00. The molecule has 10 nitrogen and oxygen atoms in total. The Morgan fingerprint density at radius 3 is 2.65 bits per heavy atom. The van der Waals surface area contributed by atoms with Gasteiger partial charge in [0, 0.05) is 17.8 Å². The molecular formula is C13H13N5O5. The van der Waals surface area contributed by atoms with Crippen LogP contribution < -0.4 is 5.32 Å². The number of esters is 1. The first-order chi connectivity index (χ1) is 11.0. The lowest BCUT2D eigenvalue weighted by Gasteiger charge is -2.04. The molecular weight excluding hydrogens is 306 g/mol. The summed E-state index contributed by atoms with van der Waals surface area (Å²) in [6.45, 7) is 1.72. The van der Waals surface area contributed by atoms with Crippen molar-refractivity contribution in [2.75, 3.05) is 11.9 Å². The third-order valence-electron chi connectivity index (χ3n) is 2.69. The van der Waals surface area contributed by atoms with E-state index in [2.05, 4.69) is 15.6 Å². The zero-order valence-corrected chi connectivity index (χ0v) is 12.1. The number of anilines is 1. The Hall–Kier alpha value is -3.30. The summed E-state index contributed by atoms with van der Waals surface area (Å²) in [5.41, 5.74) is 0.347. The van der Waals surface area contributed by atoms with Crippen molar-refractivity contribution in [1.82, 2.24) is 15.0 Å². The maximum atomic E-state index is 11.9. The van der Waals surface area contributed by atoms with Crippen LogP contribution >= 0.6 is 0 Å². The van der Waals surface area contributed by atoms with Crippen molar-refractivity contribution in [2.45, 2.75) is 13.5 Å². The lowest BCUT2D eigenvalue weighted by Crippen LogP contribution is -2.19. The van der Waals surface area contributed by atoms with Crippen LogP contribution in [0.5, 0.6) is 0 Å². The Morgan fingerprint density at radius 2 is 2.04 bits per heavy atom. The van der Waals surface area contributed by atoms with Crippen molar-refractivity contribution >= 4 is 23.3 Å². The van der Waals surface area contributed by atoms with E-state index in [1.165, 1.54) is 35.1 Å². The number of nitro benzene ring substituents is 1. The number of carbonyl (C=O) groups excluding carboxylic acids is 2. The molecule has 2 aromatic rings. The van der Waals surface area contributed by atoms with Gasteiger partial charge in [0.05, 0.1) is 17.7 Å². The van der Waals surface area contributed by atoms with Crippen molar-refractivity contribution in [3.63, 3.8) is 0 Å². The van der Waals surface area contributed by atoms with Gasteiger partial charge >= 0.3 is 5.97 Å². The van der Waals surface area contributed by atoms with Crippen LogP contribution in [0.15, 0.2) is 30.5 Å². The van der Waals surface area contributed by atoms with Crippen LogP contribution in [-0.2, 0) is 16.1 Å². The molecule has 1 aromatic heterocycles. The highest BCUT2D eigenvalue weighted by Gasteiger charge is 2.13. The Labute approximate surface area is 130 Å². The molecule has 0 saturated heterocycles. The molecule has 0 spiro atoms. The highest BCUT2D eigenvalue weighted by molar-refractivity contribution is 5.91. The summed E-state index contributed by atoms with van der Waals surface area (Å²) >= 11 is 0.